The van der Waals surface area contributed by atoms with Crippen LogP contribution in [0.5, 0.6) is 0 Å². The molecule has 4 aliphatic rings. The first-order valence-corrected chi connectivity index (χ1v) is 7.11. The summed E-state index contributed by atoms with van der Waals surface area (Å²) in [7, 11) is 0. The summed E-state index contributed by atoms with van der Waals surface area (Å²) in [6.45, 7) is 9.89. The first-order valence-electron chi connectivity index (χ1n) is 7.11. The van der Waals surface area contributed by atoms with Crippen molar-refractivity contribution in [3.8, 4) is 0 Å². The minimum Gasteiger partial charge on any atom is -0.366 e. The summed E-state index contributed by atoms with van der Waals surface area (Å²) in [6, 6.07) is 0. The van der Waals surface area contributed by atoms with E-state index < -0.39 is 0 Å². The molecular weight excluding hydrogens is 196 g/mol. The molecule has 4 unspecified atom stereocenters. The van der Waals surface area contributed by atoms with Gasteiger partial charge in [-0.15, -0.1) is 0 Å². The van der Waals surface area contributed by atoms with Crippen LogP contribution in [-0.4, -0.2) is 11.7 Å². The fourth-order valence-corrected chi connectivity index (χ4v) is 6.00. The lowest BCUT2D eigenvalue weighted by Crippen LogP contribution is -2.47. The normalized spacial score (nSPS) is 65.2. The molecule has 1 spiro atoms. The predicted molar refractivity (Wildman–Crippen MR) is 64.1 cm³/mol. The molecular formula is C15H24O. The summed E-state index contributed by atoms with van der Waals surface area (Å²) in [4.78, 5) is 0. The van der Waals surface area contributed by atoms with E-state index in [1.54, 1.807) is 0 Å². The fourth-order valence-electron chi connectivity index (χ4n) is 6.00. The topological polar surface area (TPSA) is 12.5 Å². The van der Waals surface area contributed by atoms with Crippen LogP contribution < -0.4 is 0 Å². The second-order valence-electron chi connectivity index (χ2n) is 7.76. The monoisotopic (exact) mass is 220 g/mol. The number of rotatable bonds is 0. The van der Waals surface area contributed by atoms with Gasteiger partial charge < -0.3 is 4.74 Å². The molecule has 0 aromatic rings. The molecule has 0 aromatic heterocycles. The Morgan fingerprint density at radius 2 is 1.94 bits per heavy atom. The van der Waals surface area contributed by atoms with Gasteiger partial charge in [0.25, 0.3) is 0 Å². The van der Waals surface area contributed by atoms with E-state index in [9.17, 15) is 0 Å². The van der Waals surface area contributed by atoms with Crippen LogP contribution >= 0.6 is 0 Å². The van der Waals surface area contributed by atoms with E-state index >= 15 is 0 Å². The van der Waals surface area contributed by atoms with E-state index in [-0.39, 0.29) is 5.60 Å². The Hall–Kier alpha value is -0.0400. The molecule has 1 heteroatoms. The number of epoxide rings is 1. The molecule has 4 rings (SSSR count). The van der Waals surface area contributed by atoms with Crippen LogP contribution in [0.15, 0.2) is 0 Å². The highest BCUT2D eigenvalue weighted by molar-refractivity contribution is 5.30. The van der Waals surface area contributed by atoms with Crippen LogP contribution in [0.25, 0.3) is 0 Å². The van der Waals surface area contributed by atoms with Gasteiger partial charge in [0, 0.05) is 0 Å². The Kier molecular flexibility index (Phi) is 1.48. The van der Waals surface area contributed by atoms with E-state index in [0.717, 1.165) is 17.8 Å². The predicted octanol–water partition coefficient (Wildman–Crippen LogP) is 3.63. The average Bonchev–Trinajstić information content (AvgIpc) is 3.03. The Morgan fingerprint density at radius 3 is 2.69 bits per heavy atom. The van der Waals surface area contributed by atoms with Crippen molar-refractivity contribution in [2.75, 3.05) is 0 Å². The molecule has 0 amide bonds. The van der Waals surface area contributed by atoms with Crippen molar-refractivity contribution < 1.29 is 4.74 Å². The van der Waals surface area contributed by atoms with Gasteiger partial charge in [0.05, 0.1) is 11.7 Å². The maximum atomic E-state index is 6.11. The molecule has 1 saturated heterocycles. The standard InChI is InChI=1S/C15H24O/c1-9-10-6-5-7-13(2,3)15(10)8-11(15)14(4)12(9)16-14/h9-12H,5-8H2,1-4H3/t9-,10?,11?,12?,14+,15?/m1/s1. The van der Waals surface area contributed by atoms with Crippen molar-refractivity contribution in [1.82, 2.24) is 0 Å². The third kappa shape index (κ3) is 0.805. The maximum absolute atomic E-state index is 6.11. The van der Waals surface area contributed by atoms with Crippen LogP contribution in [0.1, 0.15) is 53.4 Å². The molecule has 3 saturated carbocycles. The van der Waals surface area contributed by atoms with Gasteiger partial charge in [0.1, 0.15) is 0 Å². The Labute approximate surface area is 98.9 Å². The molecule has 6 atom stereocenters. The molecule has 1 heterocycles. The zero-order valence-electron chi connectivity index (χ0n) is 11.0. The largest absolute Gasteiger partial charge is 0.366 e. The van der Waals surface area contributed by atoms with Crippen molar-refractivity contribution in [2.24, 2.45) is 28.6 Å². The van der Waals surface area contributed by atoms with Crippen LogP contribution in [0.4, 0.5) is 0 Å². The molecule has 1 nitrogen and oxygen atoms in total. The summed E-state index contributed by atoms with van der Waals surface area (Å²) >= 11 is 0. The van der Waals surface area contributed by atoms with E-state index in [0.29, 0.717) is 16.9 Å². The van der Waals surface area contributed by atoms with E-state index in [1.807, 2.05) is 0 Å². The van der Waals surface area contributed by atoms with Crippen molar-refractivity contribution in [1.29, 1.82) is 0 Å². The van der Waals surface area contributed by atoms with E-state index in [1.165, 1.54) is 25.7 Å². The second-order valence-corrected chi connectivity index (χ2v) is 7.76. The van der Waals surface area contributed by atoms with Gasteiger partial charge in [-0.25, -0.2) is 0 Å². The molecule has 0 bridgehead atoms. The molecule has 4 fully saturated rings. The van der Waals surface area contributed by atoms with E-state index in [2.05, 4.69) is 27.7 Å². The van der Waals surface area contributed by atoms with Gasteiger partial charge in [0.2, 0.25) is 0 Å². The quantitative estimate of drug-likeness (QED) is 0.568. The summed E-state index contributed by atoms with van der Waals surface area (Å²) in [5.41, 5.74) is 1.51. The Balaban J connectivity index is 1.80. The molecule has 90 valence electrons. The van der Waals surface area contributed by atoms with Gasteiger partial charge in [-0.2, -0.15) is 0 Å². The van der Waals surface area contributed by atoms with Crippen LogP contribution in [0.2, 0.25) is 0 Å². The second kappa shape index (κ2) is 2.39. The SMILES string of the molecule is C[C@@H]1C2CCCC(C)(C)C23CC3[C@]2(C)OC12. The fraction of sp³-hybridized carbons (Fsp3) is 1.00. The number of fused-ring (bicyclic) bond motifs is 2. The third-order valence-electron chi connectivity index (χ3n) is 6.93. The summed E-state index contributed by atoms with van der Waals surface area (Å²) in [5.74, 6) is 2.66. The lowest BCUT2D eigenvalue weighted by molar-refractivity contribution is -0.0128. The van der Waals surface area contributed by atoms with Crippen molar-refractivity contribution >= 4 is 0 Å². The highest BCUT2D eigenvalue weighted by atomic mass is 16.6. The lowest BCUT2D eigenvalue weighted by atomic mass is 9.53. The first-order chi connectivity index (χ1) is 7.43. The number of hydrogen-bond acceptors (Lipinski definition) is 1. The minimum atomic E-state index is 0.282. The van der Waals surface area contributed by atoms with Crippen molar-refractivity contribution in [2.45, 2.75) is 65.1 Å². The number of hydrogen-bond donors (Lipinski definition) is 0. The molecule has 1 aliphatic heterocycles. The first kappa shape index (κ1) is 9.94. The maximum Gasteiger partial charge on any atom is 0.0957 e. The van der Waals surface area contributed by atoms with Gasteiger partial charge in [-0.3, -0.25) is 0 Å². The van der Waals surface area contributed by atoms with Gasteiger partial charge in [-0.05, 0) is 54.8 Å². The smallest absolute Gasteiger partial charge is 0.0957 e. The number of ether oxygens (including phenoxy) is 1. The summed E-state index contributed by atoms with van der Waals surface area (Å²) < 4.78 is 6.11. The molecule has 0 aromatic carbocycles. The van der Waals surface area contributed by atoms with Crippen LogP contribution in [-0.2, 0) is 4.74 Å². The van der Waals surface area contributed by atoms with Gasteiger partial charge in [0.15, 0.2) is 0 Å². The van der Waals surface area contributed by atoms with Crippen molar-refractivity contribution in [3.63, 3.8) is 0 Å². The van der Waals surface area contributed by atoms with Crippen molar-refractivity contribution in [3.05, 3.63) is 0 Å². The minimum absolute atomic E-state index is 0.282. The molecule has 16 heavy (non-hydrogen) atoms. The zero-order chi connectivity index (χ0) is 11.3. The molecule has 0 radical (unpaired) electrons. The average molecular weight is 220 g/mol. The summed E-state index contributed by atoms with van der Waals surface area (Å²) in [5, 5.41) is 0. The highest BCUT2D eigenvalue weighted by Gasteiger charge is 2.82. The highest BCUT2D eigenvalue weighted by Crippen LogP contribution is 2.82. The Bertz CT molecular complexity index is 360. The molecule has 0 N–H and O–H groups in total. The third-order valence-corrected chi connectivity index (χ3v) is 6.93. The Morgan fingerprint density at radius 1 is 1.19 bits per heavy atom. The van der Waals surface area contributed by atoms with Crippen LogP contribution in [0.3, 0.4) is 0 Å². The summed E-state index contributed by atoms with van der Waals surface area (Å²) in [6.07, 6.45) is 6.42. The van der Waals surface area contributed by atoms with E-state index in [4.69, 9.17) is 4.74 Å². The van der Waals surface area contributed by atoms with Gasteiger partial charge in [-0.1, -0.05) is 27.2 Å². The van der Waals surface area contributed by atoms with Crippen LogP contribution in [0, 0.1) is 28.6 Å². The van der Waals surface area contributed by atoms with Gasteiger partial charge >= 0.3 is 0 Å². The molecule has 3 aliphatic carbocycles. The zero-order valence-corrected chi connectivity index (χ0v) is 11.0. The lowest BCUT2D eigenvalue weighted by Gasteiger charge is -2.50.